The Bertz CT molecular complexity index is 2640. The number of hydrogen-bond acceptors (Lipinski definition) is 15. The summed E-state index contributed by atoms with van der Waals surface area (Å²) in [4.78, 5) is 73.0. The summed E-state index contributed by atoms with van der Waals surface area (Å²) in [6.07, 6.45) is 89.1. The van der Waals surface area contributed by atoms with Crippen molar-refractivity contribution in [1.29, 1.82) is 0 Å². The number of carbonyl (C=O) groups is 4. The van der Waals surface area contributed by atoms with Gasteiger partial charge in [0.05, 0.1) is 26.4 Å². The van der Waals surface area contributed by atoms with Gasteiger partial charge in [-0.1, -0.05) is 256 Å². The first kappa shape index (κ1) is 98.4. The maximum Gasteiger partial charge on any atom is 0.472 e. The van der Waals surface area contributed by atoms with E-state index >= 15 is 0 Å². The SMILES string of the molecule is CC/C=C\C/C=C\C/C=C\C/C=C\C/C=C\CCCCCC(=O)OCC(COP(=O)(O)OCC(O)COP(=O)(O)OCC(COC(=O)CCCC/C=C\C/C=C\C/C=C\C/C=C\CC)OC(=O)CCCCCCC/C=C\C/C=C\C/C=C\CC)OC(=O)CCCCCCC/C=C\C/C=C\CCCCC. The lowest BCUT2D eigenvalue weighted by atomic mass is 10.1. The monoisotopic (exact) mass is 1490 g/mol. The number of unbranched alkanes of at least 4 members (excludes halogenated alkanes) is 18. The Morgan fingerprint density at radius 3 is 0.798 bits per heavy atom. The summed E-state index contributed by atoms with van der Waals surface area (Å²) in [6.45, 7) is 4.37. The quantitative estimate of drug-likeness (QED) is 0.0169. The van der Waals surface area contributed by atoms with Gasteiger partial charge in [-0.15, -0.1) is 0 Å². The molecule has 17 nitrogen and oxygen atoms in total. The summed E-state index contributed by atoms with van der Waals surface area (Å²) in [5, 5.41) is 10.6. The number of allylic oxidation sites excluding steroid dienone is 28. The van der Waals surface area contributed by atoms with Crippen molar-refractivity contribution >= 4 is 39.5 Å². The smallest absolute Gasteiger partial charge is 0.462 e. The minimum absolute atomic E-state index is 0.0594. The van der Waals surface area contributed by atoms with Crippen molar-refractivity contribution in [1.82, 2.24) is 0 Å². The molecule has 5 unspecified atom stereocenters. The molecule has 0 aliphatic rings. The summed E-state index contributed by atoms with van der Waals surface area (Å²) >= 11 is 0. The summed E-state index contributed by atoms with van der Waals surface area (Å²) in [5.41, 5.74) is 0. The standard InChI is InChI=1S/C85H138O17P2/c1-5-9-13-17-21-25-29-33-37-38-39-40-44-46-50-54-58-62-66-70-83(88)96-76-81(102-85(90)72-68-64-60-56-52-48-43-36-32-28-24-20-16-12-8-4)78-100-104(93,94)98-74-79(86)73-97-103(91,92)99-77-80(101-84(89)71-67-63-59-55-51-47-42-35-31-27-23-19-15-11-7-3)75-95-82(87)69-65-61-57-53-49-45-41-34-30-26-22-18-14-10-6-2/h9-11,13-15,21-28,33-37,39-43,46,49-50,53,79-81,86H,5-8,12,16-20,29-32,38,44-45,47-48,51-52,54-78H2,1-4H3,(H,91,92)(H,93,94)/b13-9-,14-10-,15-11-,25-21-,26-22-,27-23-,28-24-,37-33-,40-39-,41-34-,42-35-,43-36-,50-46-,53-49-. The van der Waals surface area contributed by atoms with Crippen LogP contribution >= 0.6 is 15.6 Å². The summed E-state index contributed by atoms with van der Waals surface area (Å²) in [6, 6.07) is 0. The van der Waals surface area contributed by atoms with Gasteiger partial charge in [0, 0.05) is 25.7 Å². The zero-order valence-corrected chi connectivity index (χ0v) is 66.2. The van der Waals surface area contributed by atoms with Crippen molar-refractivity contribution in [3.8, 4) is 0 Å². The van der Waals surface area contributed by atoms with E-state index in [0.29, 0.717) is 25.7 Å². The average molecular weight is 1490 g/mol. The van der Waals surface area contributed by atoms with E-state index in [0.717, 1.165) is 186 Å². The molecule has 0 aliphatic carbocycles. The van der Waals surface area contributed by atoms with E-state index in [1.165, 1.54) is 19.3 Å². The van der Waals surface area contributed by atoms with Gasteiger partial charge in [-0.25, -0.2) is 9.13 Å². The molecule has 0 aliphatic heterocycles. The molecule has 104 heavy (non-hydrogen) atoms. The molecule has 590 valence electrons. The first-order valence-corrected chi connectivity index (χ1v) is 42.4. The molecule has 0 saturated heterocycles. The van der Waals surface area contributed by atoms with Crippen LogP contribution in [0.15, 0.2) is 170 Å². The Labute approximate surface area is 629 Å². The van der Waals surface area contributed by atoms with E-state index in [-0.39, 0.29) is 25.7 Å². The molecular formula is C85H138O17P2. The third-order valence-electron chi connectivity index (χ3n) is 15.7. The Morgan fingerprint density at radius 2 is 0.500 bits per heavy atom. The molecule has 0 spiro atoms. The van der Waals surface area contributed by atoms with Gasteiger partial charge >= 0.3 is 39.5 Å². The van der Waals surface area contributed by atoms with Crippen molar-refractivity contribution in [2.75, 3.05) is 39.6 Å². The van der Waals surface area contributed by atoms with Gasteiger partial charge in [0.2, 0.25) is 0 Å². The fraction of sp³-hybridized carbons (Fsp3) is 0.624. The van der Waals surface area contributed by atoms with Crippen LogP contribution in [0.4, 0.5) is 0 Å². The molecule has 0 aromatic rings. The van der Waals surface area contributed by atoms with Crippen LogP contribution in [0.1, 0.15) is 285 Å². The highest BCUT2D eigenvalue weighted by molar-refractivity contribution is 7.47. The van der Waals surface area contributed by atoms with Crippen molar-refractivity contribution in [3.05, 3.63) is 170 Å². The number of rotatable bonds is 72. The van der Waals surface area contributed by atoms with Gasteiger partial charge in [-0.3, -0.25) is 37.3 Å². The molecule has 0 bridgehead atoms. The number of esters is 4. The van der Waals surface area contributed by atoms with Crippen LogP contribution in [0.3, 0.4) is 0 Å². The first-order valence-electron chi connectivity index (χ1n) is 39.4. The largest absolute Gasteiger partial charge is 0.472 e. The lowest BCUT2D eigenvalue weighted by molar-refractivity contribution is -0.161. The highest BCUT2D eigenvalue weighted by Crippen LogP contribution is 2.45. The van der Waals surface area contributed by atoms with Gasteiger partial charge in [-0.2, -0.15) is 0 Å². The van der Waals surface area contributed by atoms with Gasteiger partial charge in [0.1, 0.15) is 19.3 Å². The molecule has 5 atom stereocenters. The molecule has 0 aromatic carbocycles. The second kappa shape index (κ2) is 75.6. The van der Waals surface area contributed by atoms with Crippen molar-refractivity contribution in [3.63, 3.8) is 0 Å². The van der Waals surface area contributed by atoms with Crippen molar-refractivity contribution in [2.24, 2.45) is 0 Å². The van der Waals surface area contributed by atoms with Crippen LogP contribution in [-0.2, 0) is 65.4 Å². The Morgan fingerprint density at radius 1 is 0.279 bits per heavy atom. The zero-order valence-electron chi connectivity index (χ0n) is 64.4. The van der Waals surface area contributed by atoms with Crippen molar-refractivity contribution < 1.29 is 80.2 Å². The summed E-state index contributed by atoms with van der Waals surface area (Å²) in [7, 11) is -10.0. The van der Waals surface area contributed by atoms with Crippen LogP contribution < -0.4 is 0 Å². The average Bonchev–Trinajstić information content (AvgIpc) is 0.918. The predicted molar refractivity (Wildman–Crippen MR) is 426 cm³/mol. The minimum Gasteiger partial charge on any atom is -0.462 e. The highest BCUT2D eigenvalue weighted by Gasteiger charge is 2.30. The van der Waals surface area contributed by atoms with E-state index in [4.69, 9.17) is 37.0 Å². The molecule has 0 radical (unpaired) electrons. The number of aliphatic hydroxyl groups excluding tert-OH is 1. The number of carbonyl (C=O) groups excluding carboxylic acids is 4. The Hall–Kier alpha value is -5.58. The third-order valence-corrected chi connectivity index (χ3v) is 17.6. The van der Waals surface area contributed by atoms with E-state index in [2.05, 4.69) is 198 Å². The van der Waals surface area contributed by atoms with Crippen LogP contribution in [-0.4, -0.2) is 96.7 Å². The Kier molecular flexibility index (Phi) is 71.6. The zero-order chi connectivity index (χ0) is 76.0. The maximum absolute atomic E-state index is 13.1. The van der Waals surface area contributed by atoms with Crippen molar-refractivity contribution in [2.45, 2.75) is 303 Å². The van der Waals surface area contributed by atoms with E-state index in [1.54, 1.807) is 0 Å². The summed E-state index contributed by atoms with van der Waals surface area (Å²) in [5.74, 6) is -2.31. The van der Waals surface area contributed by atoms with Gasteiger partial charge in [0.15, 0.2) is 12.2 Å². The normalized spacial score (nSPS) is 14.8. The second-order valence-electron chi connectivity index (χ2n) is 25.5. The van der Waals surface area contributed by atoms with Crippen LogP contribution in [0, 0.1) is 0 Å². The van der Waals surface area contributed by atoms with E-state index < -0.39 is 97.5 Å². The van der Waals surface area contributed by atoms with E-state index in [1.807, 2.05) is 0 Å². The van der Waals surface area contributed by atoms with Gasteiger partial charge in [-0.05, 0) is 173 Å². The van der Waals surface area contributed by atoms with Crippen LogP contribution in [0.5, 0.6) is 0 Å². The number of aliphatic hydroxyl groups is 1. The molecule has 19 heteroatoms. The van der Waals surface area contributed by atoms with Gasteiger partial charge in [0.25, 0.3) is 0 Å². The molecular weight excluding hydrogens is 1350 g/mol. The highest BCUT2D eigenvalue weighted by atomic mass is 31.2. The Balaban J connectivity index is 5.47. The van der Waals surface area contributed by atoms with E-state index in [9.17, 15) is 43.2 Å². The third kappa shape index (κ3) is 74.7. The fourth-order valence-electron chi connectivity index (χ4n) is 9.75. The number of hydrogen-bond donors (Lipinski definition) is 3. The summed E-state index contributed by atoms with van der Waals surface area (Å²) < 4.78 is 68.5. The maximum atomic E-state index is 13.1. The molecule has 0 fully saturated rings. The van der Waals surface area contributed by atoms with Crippen LogP contribution in [0.2, 0.25) is 0 Å². The molecule has 3 N–H and O–H groups in total. The second-order valence-corrected chi connectivity index (χ2v) is 28.4. The first-order chi connectivity index (χ1) is 50.7. The number of ether oxygens (including phenoxy) is 4. The molecule has 0 heterocycles. The lowest BCUT2D eigenvalue weighted by Gasteiger charge is -2.21. The molecule has 0 amide bonds. The minimum atomic E-state index is -5.00. The molecule has 0 saturated carbocycles. The van der Waals surface area contributed by atoms with Crippen LogP contribution in [0.25, 0.3) is 0 Å². The fourth-order valence-corrected chi connectivity index (χ4v) is 11.3. The lowest BCUT2D eigenvalue weighted by Crippen LogP contribution is -2.30. The van der Waals surface area contributed by atoms with Gasteiger partial charge < -0.3 is 33.8 Å². The topological polar surface area (TPSA) is 237 Å². The number of phosphoric acid groups is 2. The molecule has 0 rings (SSSR count). The number of phosphoric ester groups is 2. The molecule has 0 aromatic heterocycles. The predicted octanol–water partition coefficient (Wildman–Crippen LogP) is 23.0.